The molecule has 1 N–H and O–H groups in total. The van der Waals surface area contributed by atoms with Gasteiger partial charge in [-0.25, -0.2) is 9.89 Å². The molecule has 1 aliphatic rings. The number of hydrogen-bond donors (Lipinski definition) is 1. The highest BCUT2D eigenvalue weighted by Gasteiger charge is 2.26. The number of rotatable bonds is 2. The number of piperidine rings is 1. The minimum atomic E-state index is -0.194. The largest absolute Gasteiger partial charge is 0.343 e. The summed E-state index contributed by atoms with van der Waals surface area (Å²) in [7, 11) is 0. The van der Waals surface area contributed by atoms with E-state index in [2.05, 4.69) is 15.2 Å². The van der Waals surface area contributed by atoms with Gasteiger partial charge in [-0.2, -0.15) is 5.10 Å². The van der Waals surface area contributed by atoms with Gasteiger partial charge in [-0.05, 0) is 43.9 Å². The second-order valence-corrected chi connectivity index (χ2v) is 5.75. The number of carbonyl (C=O) groups is 1. The van der Waals surface area contributed by atoms with Crippen molar-refractivity contribution < 1.29 is 4.79 Å². The second kappa shape index (κ2) is 5.75. The maximum atomic E-state index is 12.5. The summed E-state index contributed by atoms with van der Waals surface area (Å²) in [5.74, 6) is -0.0407. The molecule has 0 atom stereocenters. The molecule has 0 saturated carbocycles. The highest BCUT2D eigenvalue weighted by Crippen LogP contribution is 2.22. The van der Waals surface area contributed by atoms with E-state index in [0.29, 0.717) is 18.8 Å². The number of pyridine rings is 1. The van der Waals surface area contributed by atoms with E-state index in [1.54, 1.807) is 15.7 Å². The standard InChI is InChI=1S/C15H19N5O2/c1-10-7-13(16-8-11(10)2)14(21)19-5-3-12(4-6-19)20-9-17-18-15(20)22/h7-9,12H,3-6H2,1-2H3,(H,18,22). The molecule has 1 aliphatic heterocycles. The van der Waals surface area contributed by atoms with Gasteiger partial charge in [-0.3, -0.25) is 14.3 Å². The van der Waals surface area contributed by atoms with E-state index in [1.807, 2.05) is 19.9 Å². The van der Waals surface area contributed by atoms with Crippen LogP contribution < -0.4 is 5.69 Å². The highest BCUT2D eigenvalue weighted by molar-refractivity contribution is 5.92. The van der Waals surface area contributed by atoms with E-state index in [-0.39, 0.29) is 17.6 Å². The molecule has 7 heteroatoms. The fourth-order valence-corrected chi connectivity index (χ4v) is 2.77. The summed E-state index contributed by atoms with van der Waals surface area (Å²) < 4.78 is 1.61. The van der Waals surface area contributed by atoms with Crippen LogP contribution in [0.3, 0.4) is 0 Å². The Hall–Kier alpha value is -2.44. The van der Waals surface area contributed by atoms with Crippen LogP contribution in [-0.2, 0) is 0 Å². The maximum Gasteiger partial charge on any atom is 0.343 e. The number of likely N-dealkylation sites (tertiary alicyclic amines) is 1. The van der Waals surface area contributed by atoms with Gasteiger partial charge >= 0.3 is 5.69 Å². The normalized spacial score (nSPS) is 16.0. The minimum absolute atomic E-state index is 0.0407. The summed E-state index contributed by atoms with van der Waals surface area (Å²) in [6.07, 6.45) is 4.75. The quantitative estimate of drug-likeness (QED) is 0.899. The van der Waals surface area contributed by atoms with E-state index in [9.17, 15) is 9.59 Å². The average molecular weight is 301 g/mol. The maximum absolute atomic E-state index is 12.5. The number of aromatic amines is 1. The molecule has 0 aromatic carbocycles. The van der Waals surface area contributed by atoms with Crippen LogP contribution in [0.4, 0.5) is 0 Å². The van der Waals surface area contributed by atoms with Gasteiger partial charge in [0.15, 0.2) is 0 Å². The number of nitrogens with one attached hydrogen (secondary N) is 1. The zero-order chi connectivity index (χ0) is 15.7. The Bertz CT molecular complexity index is 740. The van der Waals surface area contributed by atoms with Crippen molar-refractivity contribution in [2.45, 2.75) is 32.7 Å². The van der Waals surface area contributed by atoms with Gasteiger partial charge in [0.1, 0.15) is 12.0 Å². The third-order valence-electron chi connectivity index (χ3n) is 4.31. The van der Waals surface area contributed by atoms with Crippen molar-refractivity contribution in [3.05, 3.63) is 45.9 Å². The smallest absolute Gasteiger partial charge is 0.337 e. The predicted octanol–water partition coefficient (Wildman–Crippen LogP) is 1.06. The first-order valence-corrected chi connectivity index (χ1v) is 7.40. The van der Waals surface area contributed by atoms with Gasteiger partial charge < -0.3 is 4.90 Å². The average Bonchev–Trinajstić information content (AvgIpc) is 2.95. The Morgan fingerprint density at radius 1 is 1.27 bits per heavy atom. The van der Waals surface area contributed by atoms with Crippen molar-refractivity contribution in [3.63, 3.8) is 0 Å². The summed E-state index contributed by atoms with van der Waals surface area (Å²) in [6, 6.07) is 1.94. The number of hydrogen-bond acceptors (Lipinski definition) is 4. The summed E-state index contributed by atoms with van der Waals surface area (Å²) >= 11 is 0. The van der Waals surface area contributed by atoms with Crippen molar-refractivity contribution in [1.82, 2.24) is 24.6 Å². The van der Waals surface area contributed by atoms with Gasteiger partial charge in [0, 0.05) is 25.3 Å². The van der Waals surface area contributed by atoms with Crippen molar-refractivity contribution in [3.8, 4) is 0 Å². The van der Waals surface area contributed by atoms with Crippen LogP contribution in [0.5, 0.6) is 0 Å². The third kappa shape index (κ3) is 2.66. The Labute approximate surface area is 128 Å². The number of carbonyl (C=O) groups excluding carboxylic acids is 1. The number of amides is 1. The van der Waals surface area contributed by atoms with Crippen LogP contribution in [0.25, 0.3) is 0 Å². The molecule has 2 aromatic rings. The SMILES string of the molecule is Cc1cnc(C(=O)N2CCC(n3cn[nH]c3=O)CC2)cc1C. The molecule has 0 bridgehead atoms. The number of H-pyrrole nitrogens is 1. The van der Waals surface area contributed by atoms with Gasteiger partial charge in [-0.1, -0.05) is 0 Å². The van der Waals surface area contributed by atoms with E-state index in [0.717, 1.165) is 24.0 Å². The van der Waals surface area contributed by atoms with Crippen LogP contribution in [0.15, 0.2) is 23.4 Å². The van der Waals surface area contributed by atoms with Gasteiger partial charge in [0.2, 0.25) is 0 Å². The van der Waals surface area contributed by atoms with Gasteiger partial charge in [0.25, 0.3) is 5.91 Å². The molecule has 0 aliphatic carbocycles. The molecule has 1 fully saturated rings. The van der Waals surface area contributed by atoms with E-state index < -0.39 is 0 Å². The fraction of sp³-hybridized carbons (Fsp3) is 0.467. The predicted molar refractivity (Wildman–Crippen MR) is 80.7 cm³/mol. The van der Waals surface area contributed by atoms with Crippen LogP contribution in [-0.4, -0.2) is 43.6 Å². The number of nitrogens with zero attached hydrogens (tertiary/aromatic N) is 4. The Balaban J connectivity index is 1.68. The lowest BCUT2D eigenvalue weighted by Gasteiger charge is -2.31. The zero-order valence-corrected chi connectivity index (χ0v) is 12.7. The summed E-state index contributed by atoms with van der Waals surface area (Å²) in [5.41, 5.74) is 2.44. The molecule has 2 aromatic heterocycles. The molecular formula is C15H19N5O2. The minimum Gasteiger partial charge on any atom is -0.337 e. The molecule has 3 heterocycles. The van der Waals surface area contributed by atoms with E-state index in [4.69, 9.17) is 0 Å². The van der Waals surface area contributed by atoms with E-state index >= 15 is 0 Å². The molecule has 1 saturated heterocycles. The Morgan fingerprint density at radius 2 is 2.00 bits per heavy atom. The summed E-state index contributed by atoms with van der Waals surface area (Å²) in [5, 5.41) is 6.16. The lowest BCUT2D eigenvalue weighted by atomic mass is 10.0. The van der Waals surface area contributed by atoms with Crippen molar-refractivity contribution in [2.75, 3.05) is 13.1 Å². The summed E-state index contributed by atoms with van der Waals surface area (Å²) in [6.45, 7) is 5.20. The lowest BCUT2D eigenvalue weighted by Crippen LogP contribution is -2.40. The van der Waals surface area contributed by atoms with Crippen LogP contribution in [0.2, 0.25) is 0 Å². The second-order valence-electron chi connectivity index (χ2n) is 5.75. The lowest BCUT2D eigenvalue weighted by molar-refractivity contribution is 0.0687. The highest BCUT2D eigenvalue weighted by atomic mass is 16.2. The Morgan fingerprint density at radius 3 is 2.59 bits per heavy atom. The third-order valence-corrected chi connectivity index (χ3v) is 4.31. The summed E-state index contributed by atoms with van der Waals surface area (Å²) in [4.78, 5) is 30.1. The van der Waals surface area contributed by atoms with Crippen molar-refractivity contribution in [2.24, 2.45) is 0 Å². The molecule has 22 heavy (non-hydrogen) atoms. The molecule has 1 amide bonds. The van der Waals surface area contributed by atoms with Crippen molar-refractivity contribution in [1.29, 1.82) is 0 Å². The number of aryl methyl sites for hydroxylation is 2. The molecule has 0 spiro atoms. The Kier molecular flexibility index (Phi) is 3.79. The number of aromatic nitrogens is 4. The topological polar surface area (TPSA) is 83.9 Å². The van der Waals surface area contributed by atoms with Crippen LogP contribution in [0, 0.1) is 13.8 Å². The molecule has 3 rings (SSSR count). The first-order chi connectivity index (χ1) is 10.6. The molecule has 0 unspecified atom stereocenters. The fourth-order valence-electron chi connectivity index (χ4n) is 2.77. The first kappa shape index (κ1) is 14.5. The first-order valence-electron chi connectivity index (χ1n) is 7.40. The van der Waals surface area contributed by atoms with Crippen LogP contribution in [0.1, 0.15) is 40.5 Å². The molecule has 116 valence electrons. The van der Waals surface area contributed by atoms with E-state index in [1.165, 1.54) is 6.33 Å². The van der Waals surface area contributed by atoms with Gasteiger partial charge in [0.05, 0.1) is 0 Å². The van der Waals surface area contributed by atoms with Crippen molar-refractivity contribution >= 4 is 5.91 Å². The van der Waals surface area contributed by atoms with Crippen LogP contribution >= 0.6 is 0 Å². The molecule has 0 radical (unpaired) electrons. The monoisotopic (exact) mass is 301 g/mol. The zero-order valence-electron chi connectivity index (χ0n) is 12.7. The molecular weight excluding hydrogens is 282 g/mol. The van der Waals surface area contributed by atoms with Gasteiger partial charge in [-0.15, -0.1) is 0 Å². The molecule has 7 nitrogen and oxygen atoms in total.